The van der Waals surface area contributed by atoms with Crippen molar-refractivity contribution in [3.8, 4) is 5.75 Å². The minimum absolute atomic E-state index is 0.221. The van der Waals surface area contributed by atoms with Gasteiger partial charge in [0.05, 0.1) is 7.11 Å². The molecule has 0 aromatic heterocycles. The third kappa shape index (κ3) is 3.28. The van der Waals surface area contributed by atoms with Gasteiger partial charge in [0.25, 0.3) is 0 Å². The molecule has 90 valence electrons. The summed E-state index contributed by atoms with van der Waals surface area (Å²) in [6, 6.07) is 2.58. The molecule has 6 heteroatoms. The Bertz CT molecular complexity index is 368. The van der Waals surface area contributed by atoms with Crippen molar-refractivity contribution >= 4 is 11.6 Å². The van der Waals surface area contributed by atoms with Gasteiger partial charge < -0.3 is 10.5 Å². The first-order chi connectivity index (χ1) is 7.34. The molecule has 0 aliphatic carbocycles. The van der Waals surface area contributed by atoms with Gasteiger partial charge in [0.15, 0.2) is 0 Å². The molecule has 0 saturated heterocycles. The van der Waals surface area contributed by atoms with Crippen LogP contribution in [0.1, 0.15) is 5.56 Å². The van der Waals surface area contributed by atoms with Gasteiger partial charge in [-0.05, 0) is 24.1 Å². The van der Waals surface area contributed by atoms with Gasteiger partial charge in [-0.2, -0.15) is 13.2 Å². The number of hydrogen-bond donors (Lipinski definition) is 1. The molecule has 0 saturated carbocycles. The lowest BCUT2D eigenvalue weighted by Crippen LogP contribution is -2.39. The zero-order chi connectivity index (χ0) is 12.3. The van der Waals surface area contributed by atoms with Gasteiger partial charge in [-0.15, -0.1) is 0 Å². The van der Waals surface area contributed by atoms with E-state index in [9.17, 15) is 13.2 Å². The highest BCUT2D eigenvalue weighted by Gasteiger charge is 2.36. The van der Waals surface area contributed by atoms with Gasteiger partial charge in [-0.3, -0.25) is 0 Å². The quantitative estimate of drug-likeness (QED) is 0.899. The van der Waals surface area contributed by atoms with Crippen molar-refractivity contribution in [2.75, 3.05) is 7.11 Å². The fourth-order valence-corrected chi connectivity index (χ4v) is 1.42. The van der Waals surface area contributed by atoms with Crippen molar-refractivity contribution < 1.29 is 17.9 Å². The van der Waals surface area contributed by atoms with Crippen LogP contribution in [0.4, 0.5) is 13.2 Å². The van der Waals surface area contributed by atoms with Crippen molar-refractivity contribution in [2.24, 2.45) is 5.73 Å². The van der Waals surface area contributed by atoms with E-state index in [4.69, 9.17) is 22.1 Å². The second-order valence-corrected chi connectivity index (χ2v) is 3.72. The summed E-state index contributed by atoms with van der Waals surface area (Å²) in [6.45, 7) is 0. The van der Waals surface area contributed by atoms with E-state index in [0.717, 1.165) is 0 Å². The van der Waals surface area contributed by atoms with Crippen molar-refractivity contribution in [2.45, 2.75) is 18.6 Å². The summed E-state index contributed by atoms with van der Waals surface area (Å²) in [5.41, 5.74) is 5.36. The molecule has 0 amide bonds. The number of halogens is 4. The van der Waals surface area contributed by atoms with Crippen LogP contribution in [0.25, 0.3) is 0 Å². The van der Waals surface area contributed by atoms with Crippen LogP contribution in [0.5, 0.6) is 5.75 Å². The van der Waals surface area contributed by atoms with Crippen LogP contribution in [-0.2, 0) is 6.42 Å². The first kappa shape index (κ1) is 13.1. The van der Waals surface area contributed by atoms with Crippen molar-refractivity contribution in [1.29, 1.82) is 0 Å². The Kier molecular flexibility index (Phi) is 4.04. The van der Waals surface area contributed by atoms with E-state index in [-0.39, 0.29) is 11.4 Å². The van der Waals surface area contributed by atoms with Crippen LogP contribution in [-0.4, -0.2) is 19.3 Å². The number of alkyl halides is 3. The van der Waals surface area contributed by atoms with E-state index in [1.807, 2.05) is 0 Å². The van der Waals surface area contributed by atoms with E-state index in [0.29, 0.717) is 11.3 Å². The van der Waals surface area contributed by atoms with Crippen LogP contribution >= 0.6 is 11.6 Å². The normalized spacial score (nSPS) is 13.6. The smallest absolute Gasteiger partial charge is 0.403 e. The lowest BCUT2D eigenvalue weighted by atomic mass is 10.1. The van der Waals surface area contributed by atoms with Crippen LogP contribution in [0.3, 0.4) is 0 Å². The number of nitrogens with two attached hydrogens (primary N) is 1. The molecule has 16 heavy (non-hydrogen) atoms. The van der Waals surface area contributed by atoms with E-state index >= 15 is 0 Å². The summed E-state index contributed by atoms with van der Waals surface area (Å²) in [4.78, 5) is 0. The Morgan fingerprint density at radius 1 is 1.44 bits per heavy atom. The maximum atomic E-state index is 12.2. The Balaban J connectivity index is 2.82. The highest BCUT2D eigenvalue weighted by Crippen LogP contribution is 2.27. The van der Waals surface area contributed by atoms with Gasteiger partial charge in [0, 0.05) is 5.02 Å². The van der Waals surface area contributed by atoms with E-state index in [1.165, 1.54) is 19.2 Å². The second kappa shape index (κ2) is 4.93. The third-order valence-electron chi connectivity index (χ3n) is 2.12. The molecule has 0 bridgehead atoms. The number of methoxy groups -OCH3 is 1. The average Bonchev–Trinajstić information content (AvgIpc) is 2.19. The van der Waals surface area contributed by atoms with E-state index < -0.39 is 12.2 Å². The number of hydrogen-bond acceptors (Lipinski definition) is 2. The summed E-state index contributed by atoms with van der Waals surface area (Å²) in [7, 11) is 1.45. The minimum atomic E-state index is -4.41. The fraction of sp³-hybridized carbons (Fsp3) is 0.400. The van der Waals surface area contributed by atoms with Crippen LogP contribution in [0, 0.1) is 0 Å². The molecule has 1 rings (SSSR count). The Labute approximate surface area is 96.1 Å². The molecule has 0 aliphatic rings. The number of rotatable bonds is 3. The summed E-state index contributed by atoms with van der Waals surface area (Å²) in [5.74, 6) is 0.495. The lowest BCUT2D eigenvalue weighted by Gasteiger charge is -2.16. The Hall–Kier alpha value is -0.940. The topological polar surface area (TPSA) is 35.2 Å². The molecule has 1 aromatic carbocycles. The van der Waals surface area contributed by atoms with Crippen LogP contribution < -0.4 is 10.5 Å². The molecule has 0 aliphatic heterocycles. The SMILES string of the molecule is COc1ccc(CC(N)C(F)(F)F)c(Cl)c1. The first-order valence-corrected chi connectivity index (χ1v) is 4.87. The van der Waals surface area contributed by atoms with Crippen LogP contribution in [0.2, 0.25) is 5.02 Å². The first-order valence-electron chi connectivity index (χ1n) is 4.49. The molecule has 1 aromatic rings. The Morgan fingerprint density at radius 3 is 2.50 bits per heavy atom. The fourth-order valence-electron chi connectivity index (χ4n) is 1.17. The lowest BCUT2D eigenvalue weighted by molar-refractivity contribution is -0.147. The van der Waals surface area contributed by atoms with E-state index in [2.05, 4.69) is 0 Å². The van der Waals surface area contributed by atoms with Gasteiger partial charge in [-0.25, -0.2) is 0 Å². The van der Waals surface area contributed by atoms with Crippen molar-refractivity contribution in [3.63, 3.8) is 0 Å². The second-order valence-electron chi connectivity index (χ2n) is 3.31. The van der Waals surface area contributed by atoms with Crippen molar-refractivity contribution in [1.82, 2.24) is 0 Å². The summed E-state index contributed by atoms with van der Waals surface area (Å²) in [5, 5.41) is 0.221. The number of benzene rings is 1. The highest BCUT2D eigenvalue weighted by atomic mass is 35.5. The predicted molar refractivity (Wildman–Crippen MR) is 55.7 cm³/mol. The third-order valence-corrected chi connectivity index (χ3v) is 2.47. The molecular formula is C10H11ClF3NO. The maximum Gasteiger partial charge on any atom is 0.403 e. The zero-order valence-corrected chi connectivity index (χ0v) is 9.27. The average molecular weight is 254 g/mol. The largest absolute Gasteiger partial charge is 0.497 e. The minimum Gasteiger partial charge on any atom is -0.497 e. The van der Waals surface area contributed by atoms with Crippen molar-refractivity contribution in [3.05, 3.63) is 28.8 Å². The summed E-state index contributed by atoms with van der Waals surface area (Å²) < 4.78 is 41.5. The van der Waals surface area contributed by atoms with Gasteiger partial charge in [0.2, 0.25) is 0 Å². The monoisotopic (exact) mass is 253 g/mol. The maximum absolute atomic E-state index is 12.2. The Morgan fingerprint density at radius 2 is 2.06 bits per heavy atom. The zero-order valence-electron chi connectivity index (χ0n) is 8.51. The number of ether oxygens (including phenoxy) is 1. The highest BCUT2D eigenvalue weighted by molar-refractivity contribution is 6.31. The summed E-state index contributed by atoms with van der Waals surface area (Å²) >= 11 is 5.80. The molecule has 2 nitrogen and oxygen atoms in total. The molecule has 2 N–H and O–H groups in total. The molecule has 0 heterocycles. The molecular weight excluding hydrogens is 243 g/mol. The van der Waals surface area contributed by atoms with E-state index in [1.54, 1.807) is 6.07 Å². The predicted octanol–water partition coefficient (Wildman–Crippen LogP) is 2.78. The molecule has 0 spiro atoms. The van der Waals surface area contributed by atoms with Crippen LogP contribution in [0.15, 0.2) is 18.2 Å². The molecule has 0 fully saturated rings. The van der Waals surface area contributed by atoms with Gasteiger partial charge in [-0.1, -0.05) is 17.7 Å². The summed E-state index contributed by atoms with van der Waals surface area (Å²) in [6.07, 6.45) is -4.75. The van der Waals surface area contributed by atoms with Gasteiger partial charge in [0.1, 0.15) is 11.8 Å². The molecule has 1 unspecified atom stereocenters. The molecule has 0 radical (unpaired) electrons. The van der Waals surface area contributed by atoms with Gasteiger partial charge >= 0.3 is 6.18 Å². The standard InChI is InChI=1S/C10H11ClF3NO/c1-16-7-3-2-6(8(11)5-7)4-9(15)10(12,13)14/h2-3,5,9H,4,15H2,1H3. The molecule has 1 atom stereocenters.